The van der Waals surface area contributed by atoms with Gasteiger partial charge in [-0.25, -0.2) is 0 Å². The summed E-state index contributed by atoms with van der Waals surface area (Å²) in [6, 6.07) is 6.10. The summed E-state index contributed by atoms with van der Waals surface area (Å²) in [4.78, 5) is 4.34. The average molecular weight is 259 g/mol. The predicted molar refractivity (Wildman–Crippen MR) is 75.4 cm³/mol. The Morgan fingerprint density at radius 1 is 1.32 bits per heavy atom. The summed E-state index contributed by atoms with van der Waals surface area (Å²) in [6.07, 6.45) is 3.48. The first-order valence-electron chi connectivity index (χ1n) is 6.47. The number of hydrogen-bond donors (Lipinski definition) is 2. The predicted octanol–water partition coefficient (Wildman–Crippen LogP) is 1.05. The molecule has 19 heavy (non-hydrogen) atoms. The molecule has 5 nitrogen and oxygen atoms in total. The van der Waals surface area contributed by atoms with E-state index in [0.29, 0.717) is 0 Å². The Kier molecular flexibility index (Phi) is 4.29. The maximum Gasteiger partial charge on any atom is 0.0628 e. The van der Waals surface area contributed by atoms with E-state index in [-0.39, 0.29) is 6.04 Å². The largest absolute Gasteiger partial charge is 0.272 e. The van der Waals surface area contributed by atoms with E-state index in [1.165, 1.54) is 11.3 Å². The number of pyridine rings is 1. The highest BCUT2D eigenvalue weighted by Crippen LogP contribution is 2.15. The van der Waals surface area contributed by atoms with Crippen molar-refractivity contribution in [2.45, 2.75) is 32.7 Å². The molecule has 2 rings (SSSR count). The molecule has 1 unspecified atom stereocenters. The van der Waals surface area contributed by atoms with Gasteiger partial charge in [-0.2, -0.15) is 5.10 Å². The lowest BCUT2D eigenvalue weighted by molar-refractivity contribution is 0.515. The van der Waals surface area contributed by atoms with Gasteiger partial charge in [0.25, 0.3) is 0 Å². The minimum Gasteiger partial charge on any atom is -0.272 e. The van der Waals surface area contributed by atoms with E-state index < -0.39 is 0 Å². The van der Waals surface area contributed by atoms with E-state index in [0.717, 1.165) is 24.2 Å². The SMILES string of the molecule is Cc1nn(C)c(C)c1CC(Cc1ccccn1)NN. The molecule has 0 aliphatic carbocycles. The first-order chi connectivity index (χ1) is 9.11. The molecule has 0 aliphatic heterocycles. The second-order valence-electron chi connectivity index (χ2n) is 4.87. The summed E-state index contributed by atoms with van der Waals surface area (Å²) in [5, 5.41) is 4.44. The topological polar surface area (TPSA) is 68.8 Å². The molecule has 2 aromatic rings. The first kappa shape index (κ1) is 13.7. The number of aryl methyl sites for hydroxylation is 2. The van der Waals surface area contributed by atoms with Crippen LogP contribution >= 0.6 is 0 Å². The molecule has 0 bridgehead atoms. The van der Waals surface area contributed by atoms with Crippen molar-refractivity contribution in [3.63, 3.8) is 0 Å². The molecule has 0 saturated carbocycles. The minimum atomic E-state index is 0.163. The summed E-state index contributed by atoms with van der Waals surface area (Å²) in [5.41, 5.74) is 7.46. The van der Waals surface area contributed by atoms with Crippen LogP contribution in [0.3, 0.4) is 0 Å². The van der Waals surface area contributed by atoms with Gasteiger partial charge in [0.15, 0.2) is 0 Å². The van der Waals surface area contributed by atoms with Crippen LogP contribution in [0, 0.1) is 13.8 Å². The molecule has 0 amide bonds. The van der Waals surface area contributed by atoms with Gasteiger partial charge in [-0.15, -0.1) is 0 Å². The van der Waals surface area contributed by atoms with Gasteiger partial charge in [-0.05, 0) is 38.0 Å². The smallest absolute Gasteiger partial charge is 0.0628 e. The fraction of sp³-hybridized carbons (Fsp3) is 0.429. The Morgan fingerprint density at radius 3 is 2.63 bits per heavy atom. The second kappa shape index (κ2) is 5.95. The molecule has 1 atom stereocenters. The Balaban J connectivity index is 2.11. The van der Waals surface area contributed by atoms with Crippen LogP contribution in [0.25, 0.3) is 0 Å². The van der Waals surface area contributed by atoms with Crippen molar-refractivity contribution < 1.29 is 0 Å². The van der Waals surface area contributed by atoms with Gasteiger partial charge in [-0.1, -0.05) is 6.07 Å². The number of nitrogens with zero attached hydrogens (tertiary/aromatic N) is 3. The van der Waals surface area contributed by atoms with Crippen LogP contribution in [0.5, 0.6) is 0 Å². The van der Waals surface area contributed by atoms with Crippen molar-refractivity contribution in [3.8, 4) is 0 Å². The zero-order valence-corrected chi connectivity index (χ0v) is 11.7. The van der Waals surface area contributed by atoms with Gasteiger partial charge in [-0.3, -0.25) is 20.9 Å². The van der Waals surface area contributed by atoms with E-state index in [1.54, 1.807) is 0 Å². The van der Waals surface area contributed by atoms with Crippen molar-refractivity contribution >= 4 is 0 Å². The van der Waals surface area contributed by atoms with Gasteiger partial charge in [0, 0.05) is 37.1 Å². The number of aromatic nitrogens is 3. The third-order valence-electron chi connectivity index (χ3n) is 3.53. The number of nitrogens with one attached hydrogen (secondary N) is 1. The van der Waals surface area contributed by atoms with Gasteiger partial charge in [0.2, 0.25) is 0 Å². The number of hydrazine groups is 1. The van der Waals surface area contributed by atoms with Crippen LogP contribution in [0.1, 0.15) is 22.6 Å². The fourth-order valence-corrected chi connectivity index (χ4v) is 2.32. The van der Waals surface area contributed by atoms with Crippen LogP contribution in [-0.2, 0) is 19.9 Å². The summed E-state index contributed by atoms with van der Waals surface area (Å²) in [6.45, 7) is 4.13. The van der Waals surface area contributed by atoms with E-state index in [2.05, 4.69) is 22.4 Å². The molecule has 102 valence electrons. The van der Waals surface area contributed by atoms with Gasteiger partial charge >= 0.3 is 0 Å². The molecule has 2 aromatic heterocycles. The standard InChI is InChI=1S/C14H21N5/c1-10-14(11(2)19(3)18-10)9-13(17-15)8-12-6-4-5-7-16-12/h4-7,13,17H,8-9,15H2,1-3H3. The fourth-order valence-electron chi connectivity index (χ4n) is 2.32. The monoisotopic (exact) mass is 259 g/mol. The molecule has 0 fully saturated rings. The lowest BCUT2D eigenvalue weighted by atomic mass is 10.0. The lowest BCUT2D eigenvalue weighted by Crippen LogP contribution is -2.38. The summed E-state index contributed by atoms with van der Waals surface area (Å²) in [5.74, 6) is 5.67. The molecule has 0 radical (unpaired) electrons. The zero-order valence-electron chi connectivity index (χ0n) is 11.7. The van der Waals surface area contributed by atoms with Crippen LogP contribution < -0.4 is 11.3 Å². The highest BCUT2D eigenvalue weighted by Gasteiger charge is 2.15. The highest BCUT2D eigenvalue weighted by molar-refractivity contribution is 5.25. The van der Waals surface area contributed by atoms with Crippen molar-refractivity contribution in [1.82, 2.24) is 20.2 Å². The maximum atomic E-state index is 5.67. The quantitative estimate of drug-likeness (QED) is 0.622. The number of hydrogen-bond acceptors (Lipinski definition) is 4. The Hall–Kier alpha value is -1.72. The van der Waals surface area contributed by atoms with Crippen LogP contribution in [0.2, 0.25) is 0 Å². The summed E-state index contributed by atoms with van der Waals surface area (Å²) >= 11 is 0. The summed E-state index contributed by atoms with van der Waals surface area (Å²) < 4.78 is 1.92. The van der Waals surface area contributed by atoms with E-state index in [4.69, 9.17) is 5.84 Å². The molecule has 0 aliphatic rings. The van der Waals surface area contributed by atoms with E-state index in [9.17, 15) is 0 Å². The normalized spacial score (nSPS) is 12.6. The van der Waals surface area contributed by atoms with Crippen molar-refractivity contribution in [1.29, 1.82) is 0 Å². The number of nitrogens with two attached hydrogens (primary N) is 1. The summed E-state index contributed by atoms with van der Waals surface area (Å²) in [7, 11) is 1.97. The van der Waals surface area contributed by atoms with Gasteiger partial charge in [0.1, 0.15) is 0 Å². The first-order valence-corrected chi connectivity index (χ1v) is 6.47. The van der Waals surface area contributed by atoms with E-state index in [1.807, 2.05) is 43.0 Å². The molecular weight excluding hydrogens is 238 g/mol. The molecule has 0 saturated heterocycles. The highest BCUT2D eigenvalue weighted by atomic mass is 15.3. The number of rotatable bonds is 5. The van der Waals surface area contributed by atoms with Crippen molar-refractivity contribution in [3.05, 3.63) is 47.0 Å². The van der Waals surface area contributed by atoms with Crippen molar-refractivity contribution in [2.75, 3.05) is 0 Å². The Labute approximate surface area is 113 Å². The second-order valence-corrected chi connectivity index (χ2v) is 4.87. The third kappa shape index (κ3) is 3.19. The van der Waals surface area contributed by atoms with E-state index >= 15 is 0 Å². The Bertz CT molecular complexity index is 532. The molecule has 2 heterocycles. The molecule has 5 heteroatoms. The van der Waals surface area contributed by atoms with Crippen molar-refractivity contribution in [2.24, 2.45) is 12.9 Å². The lowest BCUT2D eigenvalue weighted by Gasteiger charge is -2.15. The Morgan fingerprint density at radius 2 is 2.11 bits per heavy atom. The van der Waals surface area contributed by atoms with Crippen LogP contribution in [0.15, 0.2) is 24.4 Å². The van der Waals surface area contributed by atoms with Crippen LogP contribution in [-0.4, -0.2) is 20.8 Å². The molecule has 0 aromatic carbocycles. The molecule has 3 N–H and O–H groups in total. The molecule has 0 spiro atoms. The van der Waals surface area contributed by atoms with Gasteiger partial charge < -0.3 is 0 Å². The minimum absolute atomic E-state index is 0.163. The average Bonchev–Trinajstić information content (AvgIpc) is 2.65. The molecular formula is C14H21N5. The van der Waals surface area contributed by atoms with Gasteiger partial charge in [0.05, 0.1) is 5.69 Å². The third-order valence-corrected chi connectivity index (χ3v) is 3.53. The van der Waals surface area contributed by atoms with Crippen LogP contribution in [0.4, 0.5) is 0 Å². The maximum absolute atomic E-state index is 5.67. The zero-order chi connectivity index (χ0) is 13.8.